The fourth-order valence-corrected chi connectivity index (χ4v) is 7.45. The number of carbonyl (C=O) groups excluding carboxylic acids is 2. The topological polar surface area (TPSA) is 134 Å². The molecule has 0 aliphatic rings. The van der Waals surface area contributed by atoms with Crippen molar-refractivity contribution < 1.29 is 37.6 Å². The lowest BCUT2D eigenvalue weighted by Crippen LogP contribution is -2.29. The van der Waals surface area contributed by atoms with Crippen molar-refractivity contribution in [2.75, 3.05) is 26.4 Å². The number of nitrogens with two attached hydrogens (primary N) is 1. The van der Waals surface area contributed by atoms with Gasteiger partial charge in [-0.3, -0.25) is 18.6 Å². The molecule has 0 saturated heterocycles. The Kier molecular flexibility index (Phi) is 41.4. The van der Waals surface area contributed by atoms with Crippen LogP contribution in [0.5, 0.6) is 0 Å². The molecule has 0 fully saturated rings. The van der Waals surface area contributed by atoms with Crippen LogP contribution in [-0.2, 0) is 32.7 Å². The van der Waals surface area contributed by atoms with Gasteiger partial charge in [0, 0.05) is 19.4 Å². The van der Waals surface area contributed by atoms with E-state index in [9.17, 15) is 19.0 Å². The van der Waals surface area contributed by atoms with Gasteiger partial charge in [-0.1, -0.05) is 193 Å². The van der Waals surface area contributed by atoms with Gasteiger partial charge in [0.2, 0.25) is 0 Å². The molecule has 0 amide bonds. The highest BCUT2D eigenvalue weighted by molar-refractivity contribution is 7.47. The summed E-state index contributed by atoms with van der Waals surface area (Å²) in [4.78, 5) is 34.9. The number of unbranched alkanes of at least 4 members (excludes halogenated alkanes) is 29. The average Bonchev–Trinajstić information content (AvgIpc) is 3.17. The summed E-state index contributed by atoms with van der Waals surface area (Å²) in [5.74, 6) is -0.818. The summed E-state index contributed by atoms with van der Waals surface area (Å²) in [6, 6.07) is 0. The third-order valence-corrected chi connectivity index (χ3v) is 11.1. The Morgan fingerprint density at radius 2 is 0.891 bits per heavy atom. The Morgan fingerprint density at radius 3 is 1.29 bits per heavy atom. The molecule has 0 aromatic heterocycles. The molecule has 326 valence electrons. The monoisotopic (exact) mass is 802 g/mol. The van der Waals surface area contributed by atoms with Gasteiger partial charge in [-0.05, 0) is 38.5 Å². The molecule has 55 heavy (non-hydrogen) atoms. The molecule has 0 aliphatic heterocycles. The highest BCUT2D eigenvalue weighted by Gasteiger charge is 2.26. The lowest BCUT2D eigenvalue weighted by Gasteiger charge is -2.19. The molecule has 0 aromatic carbocycles. The average molecular weight is 802 g/mol. The summed E-state index contributed by atoms with van der Waals surface area (Å²) in [7, 11) is -4.37. The van der Waals surface area contributed by atoms with Crippen molar-refractivity contribution in [1.29, 1.82) is 0 Å². The van der Waals surface area contributed by atoms with Crippen LogP contribution in [0.2, 0.25) is 0 Å². The molecule has 9 nitrogen and oxygen atoms in total. The van der Waals surface area contributed by atoms with Crippen molar-refractivity contribution in [2.24, 2.45) is 5.73 Å². The summed E-state index contributed by atoms with van der Waals surface area (Å²) in [6.07, 6.45) is 43.8. The first-order valence-electron chi connectivity index (χ1n) is 23.2. The quantitative estimate of drug-likeness (QED) is 0.0267. The normalized spacial score (nSPS) is 13.3. The van der Waals surface area contributed by atoms with E-state index >= 15 is 0 Å². The Bertz CT molecular complexity index is 917. The summed E-state index contributed by atoms with van der Waals surface area (Å²) >= 11 is 0. The Balaban J connectivity index is 4.08. The Hall–Kier alpha value is -1.25. The van der Waals surface area contributed by atoms with E-state index in [2.05, 4.69) is 26.0 Å². The van der Waals surface area contributed by atoms with Crippen LogP contribution < -0.4 is 5.73 Å². The largest absolute Gasteiger partial charge is 0.472 e. The standard InChI is InChI=1S/C45H88NO8P/c1-3-5-7-9-11-13-15-17-19-20-21-22-24-26-28-30-32-34-36-38-45(48)54-43(42-53-55(49,50)52-40-39-46)41-51-44(47)37-35-33-31-29-27-25-23-18-16-14-12-10-8-6-4-2/h17,19,43H,3-16,18,20-42,46H2,1-2H3,(H,49,50)/t43-/m1/s1. The summed E-state index contributed by atoms with van der Waals surface area (Å²) in [6.45, 7) is 3.76. The second-order valence-corrected chi connectivity index (χ2v) is 17.1. The number of hydrogen-bond acceptors (Lipinski definition) is 8. The molecule has 0 aliphatic carbocycles. The van der Waals surface area contributed by atoms with Crippen LogP contribution in [-0.4, -0.2) is 49.3 Å². The van der Waals surface area contributed by atoms with E-state index < -0.39 is 26.5 Å². The van der Waals surface area contributed by atoms with Crippen molar-refractivity contribution >= 4 is 19.8 Å². The smallest absolute Gasteiger partial charge is 0.462 e. The molecular formula is C45H88NO8P. The number of phosphoric acid groups is 1. The van der Waals surface area contributed by atoms with Crippen molar-refractivity contribution in [1.82, 2.24) is 0 Å². The van der Waals surface area contributed by atoms with Crippen molar-refractivity contribution in [3.63, 3.8) is 0 Å². The van der Waals surface area contributed by atoms with Crippen LogP contribution in [0.25, 0.3) is 0 Å². The van der Waals surface area contributed by atoms with E-state index in [1.54, 1.807) is 0 Å². The van der Waals surface area contributed by atoms with E-state index in [1.165, 1.54) is 161 Å². The van der Waals surface area contributed by atoms with E-state index in [4.69, 9.17) is 24.3 Å². The molecule has 10 heteroatoms. The molecule has 0 aromatic rings. The minimum Gasteiger partial charge on any atom is -0.462 e. The third-order valence-electron chi connectivity index (χ3n) is 10.2. The molecule has 0 spiro atoms. The Labute approximate surface area is 339 Å². The maximum absolute atomic E-state index is 12.6. The first-order chi connectivity index (χ1) is 26.8. The predicted molar refractivity (Wildman–Crippen MR) is 229 cm³/mol. The van der Waals surface area contributed by atoms with Crippen LogP contribution in [0, 0.1) is 0 Å². The van der Waals surface area contributed by atoms with Gasteiger partial charge in [-0.25, -0.2) is 4.57 Å². The second-order valence-electron chi connectivity index (χ2n) is 15.6. The van der Waals surface area contributed by atoms with Crippen molar-refractivity contribution in [3.8, 4) is 0 Å². The first-order valence-corrected chi connectivity index (χ1v) is 24.7. The number of hydrogen-bond donors (Lipinski definition) is 2. The van der Waals surface area contributed by atoms with Crippen LogP contribution in [0.4, 0.5) is 0 Å². The zero-order chi connectivity index (χ0) is 40.3. The van der Waals surface area contributed by atoms with Crippen LogP contribution in [0.1, 0.15) is 232 Å². The summed E-state index contributed by atoms with van der Waals surface area (Å²) in [5, 5.41) is 0. The van der Waals surface area contributed by atoms with Gasteiger partial charge in [-0.2, -0.15) is 0 Å². The number of carbonyl (C=O) groups is 2. The summed E-state index contributed by atoms with van der Waals surface area (Å²) < 4.78 is 32.8. The highest BCUT2D eigenvalue weighted by Crippen LogP contribution is 2.43. The third kappa shape index (κ3) is 42.2. The lowest BCUT2D eigenvalue weighted by molar-refractivity contribution is -0.161. The maximum atomic E-state index is 12.6. The van der Waals surface area contributed by atoms with Gasteiger partial charge < -0.3 is 20.1 Å². The first kappa shape index (κ1) is 53.8. The number of ether oxygens (including phenoxy) is 2. The van der Waals surface area contributed by atoms with Gasteiger partial charge in [0.05, 0.1) is 13.2 Å². The molecule has 2 atom stereocenters. The SMILES string of the molecule is CCCCCCCCC=CCCCCCCCCCCCC(=O)O[C@H](COC(=O)CCCCCCCCCCCCCCCCC)COP(=O)(O)OCCN. The molecular weight excluding hydrogens is 713 g/mol. The van der Waals surface area contributed by atoms with E-state index in [1.807, 2.05) is 0 Å². The second kappa shape index (κ2) is 42.4. The van der Waals surface area contributed by atoms with E-state index in [-0.39, 0.29) is 38.6 Å². The van der Waals surface area contributed by atoms with Crippen molar-refractivity contribution in [2.45, 2.75) is 238 Å². The van der Waals surface area contributed by atoms with Crippen LogP contribution in [0.3, 0.4) is 0 Å². The molecule has 0 heterocycles. The van der Waals surface area contributed by atoms with Crippen LogP contribution >= 0.6 is 7.82 Å². The van der Waals surface area contributed by atoms with E-state index in [0.717, 1.165) is 38.5 Å². The number of phosphoric ester groups is 1. The molecule has 0 rings (SSSR count). The predicted octanol–water partition coefficient (Wildman–Crippen LogP) is 13.4. The van der Waals surface area contributed by atoms with Gasteiger partial charge in [-0.15, -0.1) is 0 Å². The van der Waals surface area contributed by atoms with Gasteiger partial charge >= 0.3 is 19.8 Å². The zero-order valence-corrected chi connectivity index (χ0v) is 36.8. The van der Waals surface area contributed by atoms with Crippen LogP contribution in [0.15, 0.2) is 12.2 Å². The lowest BCUT2D eigenvalue weighted by atomic mass is 10.0. The molecule has 0 radical (unpaired) electrons. The number of esters is 2. The molecule has 0 saturated carbocycles. The summed E-state index contributed by atoms with van der Waals surface area (Å²) in [5.41, 5.74) is 5.35. The van der Waals surface area contributed by atoms with Crippen molar-refractivity contribution in [3.05, 3.63) is 12.2 Å². The number of allylic oxidation sites excluding steroid dienone is 2. The Morgan fingerprint density at radius 1 is 0.527 bits per heavy atom. The van der Waals surface area contributed by atoms with Gasteiger partial charge in [0.15, 0.2) is 6.10 Å². The minimum atomic E-state index is -4.37. The van der Waals surface area contributed by atoms with Gasteiger partial charge in [0.25, 0.3) is 0 Å². The number of rotatable bonds is 44. The minimum absolute atomic E-state index is 0.0561. The molecule has 0 bridgehead atoms. The highest BCUT2D eigenvalue weighted by atomic mass is 31.2. The molecule has 3 N–H and O–H groups in total. The zero-order valence-electron chi connectivity index (χ0n) is 35.9. The van der Waals surface area contributed by atoms with E-state index in [0.29, 0.717) is 6.42 Å². The fourth-order valence-electron chi connectivity index (χ4n) is 6.69. The molecule has 1 unspecified atom stereocenters. The fraction of sp³-hybridized carbons (Fsp3) is 0.911. The van der Waals surface area contributed by atoms with Gasteiger partial charge in [0.1, 0.15) is 6.61 Å². The maximum Gasteiger partial charge on any atom is 0.472 e.